The Morgan fingerprint density at radius 1 is 1.32 bits per heavy atom. The second-order valence-corrected chi connectivity index (χ2v) is 7.16. The van der Waals surface area contributed by atoms with E-state index in [0.717, 1.165) is 19.3 Å². The van der Waals surface area contributed by atoms with Crippen LogP contribution >= 0.6 is 0 Å². The SMILES string of the molecule is CCCc1nc(C(=O)N2CCCC(CCC(=O)O)C2)nn1-c1ccccc1F. The van der Waals surface area contributed by atoms with Crippen LogP contribution in [0.25, 0.3) is 5.69 Å². The van der Waals surface area contributed by atoms with Crippen molar-refractivity contribution in [3.8, 4) is 5.69 Å². The summed E-state index contributed by atoms with van der Waals surface area (Å²) in [5, 5.41) is 13.2. The molecular formula is C20H25FN4O3. The summed E-state index contributed by atoms with van der Waals surface area (Å²) in [6.07, 6.45) is 3.77. The third-order valence-electron chi connectivity index (χ3n) is 4.99. The van der Waals surface area contributed by atoms with Crippen LogP contribution < -0.4 is 0 Å². The van der Waals surface area contributed by atoms with Crippen LogP contribution in [-0.2, 0) is 11.2 Å². The fourth-order valence-electron chi connectivity index (χ4n) is 3.59. The first kappa shape index (κ1) is 20.0. The van der Waals surface area contributed by atoms with Gasteiger partial charge in [-0.25, -0.2) is 14.1 Å². The lowest BCUT2D eigenvalue weighted by Gasteiger charge is -2.31. The van der Waals surface area contributed by atoms with Crippen LogP contribution in [0.5, 0.6) is 0 Å². The molecule has 8 heteroatoms. The molecule has 1 aliphatic heterocycles. The van der Waals surface area contributed by atoms with Gasteiger partial charge in [0, 0.05) is 25.9 Å². The van der Waals surface area contributed by atoms with Gasteiger partial charge in [-0.2, -0.15) is 0 Å². The second-order valence-electron chi connectivity index (χ2n) is 7.16. The zero-order chi connectivity index (χ0) is 20.1. The molecule has 1 unspecified atom stereocenters. The smallest absolute Gasteiger partial charge is 0.303 e. The number of halogens is 1. The summed E-state index contributed by atoms with van der Waals surface area (Å²) >= 11 is 0. The number of nitrogens with zero attached hydrogens (tertiary/aromatic N) is 4. The number of aryl methyl sites for hydroxylation is 1. The van der Waals surface area contributed by atoms with Crippen LogP contribution in [0.3, 0.4) is 0 Å². The van der Waals surface area contributed by atoms with Gasteiger partial charge in [-0.3, -0.25) is 9.59 Å². The summed E-state index contributed by atoms with van der Waals surface area (Å²) < 4.78 is 15.6. The molecule has 1 fully saturated rings. The number of hydrogen-bond acceptors (Lipinski definition) is 4. The minimum Gasteiger partial charge on any atom is -0.481 e. The van der Waals surface area contributed by atoms with E-state index in [4.69, 9.17) is 5.11 Å². The highest BCUT2D eigenvalue weighted by Crippen LogP contribution is 2.23. The first-order valence-electron chi connectivity index (χ1n) is 9.71. The maximum absolute atomic E-state index is 14.2. The average molecular weight is 388 g/mol. The molecular weight excluding hydrogens is 363 g/mol. The molecule has 1 aliphatic rings. The van der Waals surface area contributed by atoms with Crippen molar-refractivity contribution in [3.63, 3.8) is 0 Å². The first-order chi connectivity index (χ1) is 13.5. The Morgan fingerprint density at radius 3 is 2.82 bits per heavy atom. The van der Waals surface area contributed by atoms with Crippen LogP contribution in [0, 0.1) is 11.7 Å². The number of amides is 1. The number of aliphatic carboxylic acids is 1. The van der Waals surface area contributed by atoms with Crippen LogP contribution in [-0.4, -0.2) is 49.7 Å². The molecule has 1 saturated heterocycles. The summed E-state index contributed by atoms with van der Waals surface area (Å²) in [6.45, 7) is 3.09. The molecule has 1 aromatic heterocycles. The van der Waals surface area contributed by atoms with Crippen molar-refractivity contribution in [2.45, 2.75) is 45.4 Å². The van der Waals surface area contributed by atoms with Gasteiger partial charge >= 0.3 is 5.97 Å². The van der Waals surface area contributed by atoms with Crippen molar-refractivity contribution in [3.05, 3.63) is 41.7 Å². The lowest BCUT2D eigenvalue weighted by atomic mass is 9.93. The van der Waals surface area contributed by atoms with Crippen molar-refractivity contribution in [1.29, 1.82) is 0 Å². The van der Waals surface area contributed by atoms with E-state index in [9.17, 15) is 14.0 Å². The number of benzene rings is 1. The number of likely N-dealkylation sites (tertiary alicyclic amines) is 1. The molecule has 0 bridgehead atoms. The molecule has 2 heterocycles. The van der Waals surface area contributed by atoms with Gasteiger partial charge in [-0.05, 0) is 43.7 Å². The number of aromatic nitrogens is 3. The number of hydrogen-bond donors (Lipinski definition) is 1. The number of carboxylic acid groups (broad SMARTS) is 1. The van der Waals surface area contributed by atoms with Crippen LogP contribution in [0.1, 0.15) is 55.5 Å². The van der Waals surface area contributed by atoms with Gasteiger partial charge in [-0.15, -0.1) is 5.10 Å². The van der Waals surface area contributed by atoms with E-state index in [0.29, 0.717) is 31.8 Å². The number of rotatable bonds is 7. The van der Waals surface area contributed by atoms with E-state index in [1.807, 2.05) is 6.92 Å². The minimum atomic E-state index is -0.821. The summed E-state index contributed by atoms with van der Waals surface area (Å²) in [6, 6.07) is 6.29. The van der Waals surface area contributed by atoms with E-state index < -0.39 is 11.8 Å². The molecule has 28 heavy (non-hydrogen) atoms. The molecule has 0 spiro atoms. The number of carbonyl (C=O) groups excluding carboxylic acids is 1. The molecule has 150 valence electrons. The third-order valence-corrected chi connectivity index (χ3v) is 4.99. The third kappa shape index (κ3) is 4.55. The Hall–Kier alpha value is -2.77. The zero-order valence-electron chi connectivity index (χ0n) is 16.0. The van der Waals surface area contributed by atoms with Crippen LogP contribution in [0.15, 0.2) is 24.3 Å². The van der Waals surface area contributed by atoms with Gasteiger partial charge in [0.1, 0.15) is 17.3 Å². The summed E-state index contributed by atoms with van der Waals surface area (Å²) in [5.41, 5.74) is 0.274. The summed E-state index contributed by atoms with van der Waals surface area (Å²) in [5.74, 6) is -0.751. The van der Waals surface area contributed by atoms with Gasteiger partial charge in [0.05, 0.1) is 0 Å². The predicted octanol–water partition coefficient (Wildman–Crippen LogP) is 3.08. The largest absolute Gasteiger partial charge is 0.481 e. The van der Waals surface area contributed by atoms with E-state index >= 15 is 0 Å². The molecule has 2 aromatic rings. The quantitative estimate of drug-likeness (QED) is 0.787. The van der Waals surface area contributed by atoms with Crippen molar-refractivity contribution < 1.29 is 19.1 Å². The Morgan fingerprint density at radius 2 is 2.11 bits per heavy atom. The molecule has 0 aliphatic carbocycles. The van der Waals surface area contributed by atoms with Gasteiger partial charge < -0.3 is 10.0 Å². The fraction of sp³-hybridized carbons (Fsp3) is 0.500. The molecule has 3 rings (SSSR count). The molecule has 7 nitrogen and oxygen atoms in total. The highest BCUT2D eigenvalue weighted by atomic mass is 19.1. The standard InChI is InChI=1S/C20H25FN4O3/c1-2-6-17-22-19(23-25(17)16-9-4-3-8-15(16)21)20(28)24-12-5-7-14(13-24)10-11-18(26)27/h3-4,8-9,14H,2,5-7,10-13H2,1H3,(H,26,27). The molecule has 1 amide bonds. The number of piperidine rings is 1. The van der Waals surface area contributed by atoms with Crippen LogP contribution in [0.4, 0.5) is 4.39 Å². The predicted molar refractivity (Wildman–Crippen MR) is 101 cm³/mol. The lowest BCUT2D eigenvalue weighted by Crippen LogP contribution is -2.40. The maximum atomic E-state index is 14.2. The average Bonchev–Trinajstić information content (AvgIpc) is 3.10. The lowest BCUT2D eigenvalue weighted by molar-refractivity contribution is -0.137. The minimum absolute atomic E-state index is 0.0607. The van der Waals surface area contributed by atoms with Gasteiger partial charge in [-0.1, -0.05) is 19.1 Å². The van der Waals surface area contributed by atoms with Crippen molar-refractivity contribution in [2.75, 3.05) is 13.1 Å². The molecule has 1 atom stereocenters. The Labute approximate surface area is 163 Å². The number of carbonyl (C=O) groups is 2. The molecule has 0 radical (unpaired) electrons. The maximum Gasteiger partial charge on any atom is 0.303 e. The van der Waals surface area contributed by atoms with Crippen molar-refractivity contribution >= 4 is 11.9 Å². The Balaban J connectivity index is 1.81. The number of carboxylic acids is 1. The first-order valence-corrected chi connectivity index (χ1v) is 9.71. The van der Waals surface area contributed by atoms with E-state index in [1.165, 1.54) is 10.7 Å². The monoisotopic (exact) mass is 388 g/mol. The van der Waals surface area contributed by atoms with Crippen molar-refractivity contribution in [1.82, 2.24) is 19.7 Å². The zero-order valence-corrected chi connectivity index (χ0v) is 16.0. The van der Waals surface area contributed by atoms with Gasteiger partial charge in [0.2, 0.25) is 5.82 Å². The normalized spacial score (nSPS) is 16.9. The molecule has 0 saturated carbocycles. The topological polar surface area (TPSA) is 88.3 Å². The van der Waals surface area contributed by atoms with E-state index in [1.54, 1.807) is 23.1 Å². The number of para-hydroxylation sites is 1. The molecule has 1 aromatic carbocycles. The van der Waals surface area contributed by atoms with Crippen molar-refractivity contribution in [2.24, 2.45) is 5.92 Å². The van der Waals surface area contributed by atoms with Gasteiger partial charge in [0.25, 0.3) is 5.91 Å². The van der Waals surface area contributed by atoms with E-state index in [2.05, 4.69) is 10.1 Å². The summed E-state index contributed by atoms with van der Waals surface area (Å²) in [7, 11) is 0. The fourth-order valence-corrected chi connectivity index (χ4v) is 3.59. The van der Waals surface area contributed by atoms with Crippen LogP contribution in [0.2, 0.25) is 0 Å². The van der Waals surface area contributed by atoms with E-state index in [-0.39, 0.29) is 29.8 Å². The summed E-state index contributed by atoms with van der Waals surface area (Å²) in [4.78, 5) is 29.8. The second kappa shape index (κ2) is 8.95. The highest BCUT2D eigenvalue weighted by molar-refractivity contribution is 5.90. The molecule has 1 N–H and O–H groups in total. The van der Waals surface area contributed by atoms with Gasteiger partial charge in [0.15, 0.2) is 0 Å². The Kier molecular flexibility index (Phi) is 6.38. The Bertz CT molecular complexity index is 852. The highest BCUT2D eigenvalue weighted by Gasteiger charge is 2.28.